The number of rotatable bonds is 3. The molecule has 0 heteroatoms. The van der Waals surface area contributed by atoms with Gasteiger partial charge < -0.3 is 0 Å². The van der Waals surface area contributed by atoms with Crippen LogP contribution in [0.5, 0.6) is 0 Å². The van der Waals surface area contributed by atoms with E-state index in [4.69, 9.17) is 0 Å². The molecule has 0 radical (unpaired) electrons. The van der Waals surface area contributed by atoms with E-state index in [0.717, 1.165) is 5.92 Å². The molecule has 1 aliphatic carbocycles. The summed E-state index contributed by atoms with van der Waals surface area (Å²) < 4.78 is 0. The standard InChI is InChI=1S/C12H20/c1-5-6-11-8-12(9(2)3)7-10(11)4/h7-9,11H,5-6H2,1-4H3. The second kappa shape index (κ2) is 3.93. The molecule has 0 aromatic rings. The maximum absolute atomic E-state index is 2.45. The molecule has 0 N–H and O–H groups in total. The van der Waals surface area contributed by atoms with Gasteiger partial charge in [0.1, 0.15) is 0 Å². The van der Waals surface area contributed by atoms with Gasteiger partial charge in [-0.15, -0.1) is 0 Å². The lowest BCUT2D eigenvalue weighted by atomic mass is 9.99. The Morgan fingerprint density at radius 3 is 2.50 bits per heavy atom. The highest BCUT2D eigenvalue weighted by Gasteiger charge is 2.15. The summed E-state index contributed by atoms with van der Waals surface area (Å²) in [5, 5.41) is 0. The summed E-state index contributed by atoms with van der Waals surface area (Å²) in [5.41, 5.74) is 3.09. The van der Waals surface area contributed by atoms with Crippen LogP contribution in [-0.4, -0.2) is 0 Å². The topological polar surface area (TPSA) is 0 Å². The second-order valence-electron chi connectivity index (χ2n) is 4.10. The highest BCUT2D eigenvalue weighted by molar-refractivity contribution is 5.35. The Balaban J connectivity index is 2.65. The SMILES string of the molecule is CCCC1C=C(C(C)C)C=C1C. The van der Waals surface area contributed by atoms with E-state index in [9.17, 15) is 0 Å². The molecule has 0 saturated carbocycles. The highest BCUT2D eigenvalue weighted by atomic mass is 14.2. The third kappa shape index (κ3) is 2.00. The minimum atomic E-state index is 0.696. The van der Waals surface area contributed by atoms with Crippen LogP contribution in [0.2, 0.25) is 0 Å². The first-order valence-corrected chi connectivity index (χ1v) is 5.05. The Kier molecular flexibility index (Phi) is 3.13. The lowest BCUT2D eigenvalue weighted by molar-refractivity contribution is 0.662. The zero-order valence-electron chi connectivity index (χ0n) is 8.72. The van der Waals surface area contributed by atoms with Crippen molar-refractivity contribution in [2.24, 2.45) is 11.8 Å². The Morgan fingerprint density at radius 1 is 1.42 bits per heavy atom. The van der Waals surface area contributed by atoms with E-state index in [1.165, 1.54) is 18.4 Å². The lowest BCUT2D eigenvalue weighted by Gasteiger charge is -2.06. The average molecular weight is 164 g/mol. The van der Waals surface area contributed by atoms with Gasteiger partial charge in [0.2, 0.25) is 0 Å². The molecule has 0 amide bonds. The molecule has 0 aliphatic heterocycles. The predicted molar refractivity (Wildman–Crippen MR) is 55.1 cm³/mol. The van der Waals surface area contributed by atoms with Gasteiger partial charge in [-0.2, -0.15) is 0 Å². The molecule has 0 fully saturated rings. The van der Waals surface area contributed by atoms with E-state index >= 15 is 0 Å². The molecule has 0 heterocycles. The molecular weight excluding hydrogens is 144 g/mol. The van der Waals surface area contributed by atoms with E-state index in [1.54, 1.807) is 5.57 Å². The summed E-state index contributed by atoms with van der Waals surface area (Å²) in [6, 6.07) is 0. The van der Waals surface area contributed by atoms with Crippen molar-refractivity contribution in [3.63, 3.8) is 0 Å². The Labute approximate surface area is 76.4 Å². The highest BCUT2D eigenvalue weighted by Crippen LogP contribution is 2.30. The minimum Gasteiger partial charge on any atom is -0.0739 e. The number of allylic oxidation sites excluding steroid dienone is 4. The van der Waals surface area contributed by atoms with E-state index in [-0.39, 0.29) is 0 Å². The van der Waals surface area contributed by atoms with Crippen LogP contribution in [0.4, 0.5) is 0 Å². The summed E-state index contributed by atoms with van der Waals surface area (Å²) in [6.07, 6.45) is 7.42. The van der Waals surface area contributed by atoms with Gasteiger partial charge in [0, 0.05) is 0 Å². The first-order valence-electron chi connectivity index (χ1n) is 5.05. The fraction of sp³-hybridized carbons (Fsp3) is 0.667. The molecule has 0 aromatic carbocycles. The Hall–Kier alpha value is -0.520. The first kappa shape index (κ1) is 9.57. The molecule has 12 heavy (non-hydrogen) atoms. The van der Waals surface area contributed by atoms with E-state index in [1.807, 2.05) is 0 Å². The maximum atomic E-state index is 2.45. The van der Waals surface area contributed by atoms with Crippen LogP contribution in [0.25, 0.3) is 0 Å². The van der Waals surface area contributed by atoms with Crippen molar-refractivity contribution < 1.29 is 0 Å². The molecule has 0 spiro atoms. The summed E-state index contributed by atoms with van der Waals surface area (Å²) in [6.45, 7) is 9.05. The van der Waals surface area contributed by atoms with Gasteiger partial charge in [-0.05, 0) is 30.8 Å². The second-order valence-corrected chi connectivity index (χ2v) is 4.10. The van der Waals surface area contributed by atoms with Crippen molar-refractivity contribution in [3.8, 4) is 0 Å². The molecule has 0 nitrogen and oxygen atoms in total. The average Bonchev–Trinajstić information content (AvgIpc) is 2.34. The van der Waals surface area contributed by atoms with Gasteiger partial charge in [-0.1, -0.05) is 44.9 Å². The van der Waals surface area contributed by atoms with Crippen LogP contribution in [-0.2, 0) is 0 Å². The monoisotopic (exact) mass is 164 g/mol. The summed E-state index contributed by atoms with van der Waals surface area (Å²) in [7, 11) is 0. The smallest absolute Gasteiger partial charge is 0.00170 e. The molecule has 1 atom stereocenters. The van der Waals surface area contributed by atoms with Crippen LogP contribution < -0.4 is 0 Å². The molecule has 1 aliphatic rings. The molecule has 0 bridgehead atoms. The van der Waals surface area contributed by atoms with E-state index in [2.05, 4.69) is 39.8 Å². The third-order valence-corrected chi connectivity index (χ3v) is 2.64. The maximum Gasteiger partial charge on any atom is -0.00170 e. The quantitative estimate of drug-likeness (QED) is 0.592. The van der Waals surface area contributed by atoms with Crippen molar-refractivity contribution in [2.45, 2.75) is 40.5 Å². The molecule has 1 rings (SSSR count). The van der Waals surface area contributed by atoms with Crippen molar-refractivity contribution in [3.05, 3.63) is 23.3 Å². The van der Waals surface area contributed by atoms with E-state index in [0.29, 0.717) is 5.92 Å². The summed E-state index contributed by atoms with van der Waals surface area (Å²) in [4.78, 5) is 0. The first-order chi connectivity index (χ1) is 5.65. The predicted octanol–water partition coefficient (Wildman–Crippen LogP) is 3.95. The van der Waals surface area contributed by atoms with Gasteiger partial charge in [-0.3, -0.25) is 0 Å². The van der Waals surface area contributed by atoms with Crippen molar-refractivity contribution in [2.75, 3.05) is 0 Å². The molecular formula is C12H20. The van der Waals surface area contributed by atoms with Gasteiger partial charge in [0.15, 0.2) is 0 Å². The van der Waals surface area contributed by atoms with Crippen LogP contribution >= 0.6 is 0 Å². The van der Waals surface area contributed by atoms with Crippen molar-refractivity contribution in [1.29, 1.82) is 0 Å². The molecule has 0 aromatic heterocycles. The van der Waals surface area contributed by atoms with E-state index < -0.39 is 0 Å². The molecule has 1 unspecified atom stereocenters. The van der Waals surface area contributed by atoms with Crippen LogP contribution in [0.3, 0.4) is 0 Å². The van der Waals surface area contributed by atoms with Crippen LogP contribution in [0.15, 0.2) is 23.3 Å². The van der Waals surface area contributed by atoms with Crippen molar-refractivity contribution >= 4 is 0 Å². The van der Waals surface area contributed by atoms with Crippen LogP contribution in [0.1, 0.15) is 40.5 Å². The normalized spacial score (nSPS) is 22.9. The third-order valence-electron chi connectivity index (χ3n) is 2.64. The van der Waals surface area contributed by atoms with Crippen molar-refractivity contribution in [1.82, 2.24) is 0 Å². The van der Waals surface area contributed by atoms with Crippen LogP contribution in [0, 0.1) is 11.8 Å². The Morgan fingerprint density at radius 2 is 2.08 bits per heavy atom. The van der Waals surface area contributed by atoms with Gasteiger partial charge in [0.05, 0.1) is 0 Å². The fourth-order valence-corrected chi connectivity index (χ4v) is 1.76. The molecule has 0 saturated heterocycles. The summed E-state index contributed by atoms with van der Waals surface area (Å²) >= 11 is 0. The largest absolute Gasteiger partial charge is 0.0739 e. The lowest BCUT2D eigenvalue weighted by Crippen LogP contribution is -1.93. The van der Waals surface area contributed by atoms with Gasteiger partial charge >= 0.3 is 0 Å². The molecule has 68 valence electrons. The summed E-state index contributed by atoms with van der Waals surface area (Å²) in [5.74, 6) is 1.44. The van der Waals surface area contributed by atoms with Gasteiger partial charge in [-0.25, -0.2) is 0 Å². The zero-order valence-corrected chi connectivity index (χ0v) is 8.72. The Bertz CT molecular complexity index is 206. The van der Waals surface area contributed by atoms with Gasteiger partial charge in [0.25, 0.3) is 0 Å². The fourth-order valence-electron chi connectivity index (χ4n) is 1.76. The minimum absolute atomic E-state index is 0.696. The zero-order chi connectivity index (χ0) is 9.14. The number of hydrogen-bond donors (Lipinski definition) is 0. The number of hydrogen-bond acceptors (Lipinski definition) is 0.